The Morgan fingerprint density at radius 1 is 1.10 bits per heavy atom. The van der Waals surface area contributed by atoms with Crippen LogP contribution in [0.4, 0.5) is 0 Å². The second-order valence-corrected chi connectivity index (χ2v) is 10.3. The molecule has 0 aromatic heterocycles. The molecule has 4 aliphatic heterocycles. The van der Waals surface area contributed by atoms with E-state index < -0.39 is 0 Å². The van der Waals surface area contributed by atoms with Gasteiger partial charge in [-0.3, -0.25) is 14.5 Å². The Morgan fingerprint density at radius 3 is 2.55 bits per heavy atom. The summed E-state index contributed by atoms with van der Waals surface area (Å²) in [7, 11) is 0. The Balaban J connectivity index is 1.39. The molecule has 4 saturated heterocycles. The van der Waals surface area contributed by atoms with Crippen LogP contribution in [0.3, 0.4) is 0 Å². The number of nitrogens with zero attached hydrogens (tertiary/aromatic N) is 2. The quantitative estimate of drug-likeness (QED) is 0.632. The first-order valence-electron chi connectivity index (χ1n) is 12.5. The summed E-state index contributed by atoms with van der Waals surface area (Å²) in [4.78, 5) is 30.0. The maximum absolute atomic E-state index is 12.9. The van der Waals surface area contributed by atoms with Crippen molar-refractivity contribution in [3.8, 4) is 0 Å². The van der Waals surface area contributed by atoms with E-state index in [1.165, 1.54) is 6.42 Å². The van der Waals surface area contributed by atoms with Crippen LogP contribution in [0.2, 0.25) is 0 Å². The molecule has 4 aliphatic rings. The molecule has 4 atom stereocenters. The average molecular weight is 436 g/mol. The summed E-state index contributed by atoms with van der Waals surface area (Å²) in [6.45, 7) is 10.3. The number of likely N-dealkylation sites (tertiary alicyclic amines) is 2. The molecule has 1 N–H and O–H groups in total. The SMILES string of the molecule is CC(C)NC(=O)C[C@@H]1OC[C@@H]2[C@H]1[C@H](CC(=O)N1CCCC1)CN2CCC1CCOCC1. The summed E-state index contributed by atoms with van der Waals surface area (Å²) < 4.78 is 11.7. The molecular formula is C24H41N3O4. The van der Waals surface area contributed by atoms with Gasteiger partial charge in [-0.2, -0.15) is 0 Å². The highest BCUT2D eigenvalue weighted by molar-refractivity contribution is 5.77. The van der Waals surface area contributed by atoms with E-state index >= 15 is 0 Å². The molecule has 0 spiro atoms. The van der Waals surface area contributed by atoms with Crippen molar-refractivity contribution in [2.75, 3.05) is 46.0 Å². The molecule has 0 aromatic carbocycles. The zero-order chi connectivity index (χ0) is 21.8. The largest absolute Gasteiger partial charge is 0.381 e. The van der Waals surface area contributed by atoms with Crippen LogP contribution in [0, 0.1) is 17.8 Å². The summed E-state index contributed by atoms with van der Waals surface area (Å²) in [5.74, 6) is 1.66. The van der Waals surface area contributed by atoms with Crippen LogP contribution < -0.4 is 5.32 Å². The van der Waals surface area contributed by atoms with Crippen LogP contribution >= 0.6 is 0 Å². The van der Waals surface area contributed by atoms with Gasteiger partial charge in [0.25, 0.3) is 0 Å². The molecule has 4 rings (SSSR count). The van der Waals surface area contributed by atoms with E-state index in [4.69, 9.17) is 9.47 Å². The highest BCUT2D eigenvalue weighted by atomic mass is 16.5. The number of nitrogens with one attached hydrogen (secondary N) is 1. The lowest BCUT2D eigenvalue weighted by atomic mass is 9.84. The highest BCUT2D eigenvalue weighted by Crippen LogP contribution is 2.42. The van der Waals surface area contributed by atoms with Gasteiger partial charge in [0.2, 0.25) is 11.8 Å². The number of ether oxygens (including phenoxy) is 2. The number of fused-ring (bicyclic) bond motifs is 1. The molecule has 0 radical (unpaired) electrons. The number of hydrogen-bond donors (Lipinski definition) is 1. The zero-order valence-corrected chi connectivity index (χ0v) is 19.4. The van der Waals surface area contributed by atoms with Crippen molar-refractivity contribution in [2.24, 2.45) is 17.8 Å². The molecule has 0 unspecified atom stereocenters. The lowest BCUT2D eigenvalue weighted by Crippen LogP contribution is -2.38. The van der Waals surface area contributed by atoms with E-state index in [1.807, 2.05) is 18.7 Å². The first-order valence-corrected chi connectivity index (χ1v) is 12.5. The lowest BCUT2D eigenvalue weighted by Gasteiger charge is -2.27. The second-order valence-electron chi connectivity index (χ2n) is 10.3. The zero-order valence-electron chi connectivity index (χ0n) is 19.4. The standard InChI is InChI=1S/C24H41N3O4/c1-17(2)25-22(28)14-21-24-19(13-23(29)26-8-3-4-9-26)15-27(20(24)16-31-21)10-5-18-6-11-30-12-7-18/h17-21,24H,3-16H2,1-2H3,(H,25,28)/t19-,20-,21+,24-/m1/s1. The van der Waals surface area contributed by atoms with Crippen molar-refractivity contribution in [3.63, 3.8) is 0 Å². The molecule has 0 bridgehead atoms. The fourth-order valence-corrected chi connectivity index (χ4v) is 6.14. The predicted octanol–water partition coefficient (Wildman–Crippen LogP) is 2.05. The molecule has 7 nitrogen and oxygen atoms in total. The molecule has 4 heterocycles. The summed E-state index contributed by atoms with van der Waals surface area (Å²) in [5.41, 5.74) is 0. The van der Waals surface area contributed by atoms with Gasteiger partial charge in [-0.1, -0.05) is 0 Å². The first-order chi connectivity index (χ1) is 15.0. The molecule has 4 fully saturated rings. The van der Waals surface area contributed by atoms with Crippen LogP contribution in [0.25, 0.3) is 0 Å². The van der Waals surface area contributed by atoms with Crippen molar-refractivity contribution in [1.82, 2.24) is 15.1 Å². The third-order valence-corrected chi connectivity index (χ3v) is 7.73. The maximum atomic E-state index is 12.9. The van der Waals surface area contributed by atoms with Crippen LogP contribution in [-0.2, 0) is 19.1 Å². The van der Waals surface area contributed by atoms with Gasteiger partial charge in [0.1, 0.15) is 0 Å². The fraction of sp³-hybridized carbons (Fsp3) is 0.917. The van der Waals surface area contributed by atoms with Crippen LogP contribution in [0.5, 0.6) is 0 Å². The van der Waals surface area contributed by atoms with Gasteiger partial charge < -0.3 is 19.7 Å². The Kier molecular flexibility index (Phi) is 7.88. The van der Waals surface area contributed by atoms with Gasteiger partial charge in [-0.15, -0.1) is 0 Å². The summed E-state index contributed by atoms with van der Waals surface area (Å²) in [6.07, 6.45) is 6.69. The highest BCUT2D eigenvalue weighted by Gasteiger charge is 2.51. The van der Waals surface area contributed by atoms with E-state index in [0.29, 0.717) is 31.4 Å². The summed E-state index contributed by atoms with van der Waals surface area (Å²) in [6, 6.07) is 0.477. The number of carbonyl (C=O) groups is 2. The van der Waals surface area contributed by atoms with Crippen molar-refractivity contribution in [1.29, 1.82) is 0 Å². The van der Waals surface area contributed by atoms with Crippen molar-refractivity contribution in [3.05, 3.63) is 0 Å². The van der Waals surface area contributed by atoms with Crippen LogP contribution in [0.1, 0.15) is 58.8 Å². The monoisotopic (exact) mass is 435 g/mol. The Hall–Kier alpha value is -1.18. The molecule has 0 aromatic rings. The smallest absolute Gasteiger partial charge is 0.222 e. The second kappa shape index (κ2) is 10.6. The topological polar surface area (TPSA) is 71.1 Å². The third-order valence-electron chi connectivity index (χ3n) is 7.73. The van der Waals surface area contributed by atoms with Gasteiger partial charge in [0, 0.05) is 57.3 Å². The van der Waals surface area contributed by atoms with Gasteiger partial charge >= 0.3 is 0 Å². The van der Waals surface area contributed by atoms with E-state index in [-0.39, 0.29) is 29.9 Å². The van der Waals surface area contributed by atoms with Gasteiger partial charge in [-0.25, -0.2) is 0 Å². The molecule has 0 saturated carbocycles. The number of amides is 2. The Morgan fingerprint density at radius 2 is 1.84 bits per heavy atom. The van der Waals surface area contributed by atoms with E-state index in [9.17, 15) is 9.59 Å². The van der Waals surface area contributed by atoms with Crippen molar-refractivity contribution >= 4 is 11.8 Å². The molecule has 31 heavy (non-hydrogen) atoms. The minimum atomic E-state index is -0.0757. The summed E-state index contributed by atoms with van der Waals surface area (Å²) in [5, 5.41) is 3.01. The minimum Gasteiger partial charge on any atom is -0.381 e. The van der Waals surface area contributed by atoms with E-state index in [1.54, 1.807) is 0 Å². The van der Waals surface area contributed by atoms with Crippen molar-refractivity contribution in [2.45, 2.75) is 77.0 Å². The van der Waals surface area contributed by atoms with Crippen LogP contribution in [-0.4, -0.2) is 85.8 Å². The van der Waals surface area contributed by atoms with Crippen molar-refractivity contribution < 1.29 is 19.1 Å². The number of rotatable bonds is 8. The number of hydrogen-bond acceptors (Lipinski definition) is 5. The first kappa shape index (κ1) is 23.0. The molecular weight excluding hydrogens is 394 g/mol. The van der Waals surface area contributed by atoms with Gasteiger partial charge in [0.15, 0.2) is 0 Å². The average Bonchev–Trinajstić information content (AvgIpc) is 3.46. The number of carbonyl (C=O) groups excluding carboxylic acids is 2. The maximum Gasteiger partial charge on any atom is 0.222 e. The Bertz CT molecular complexity index is 616. The summed E-state index contributed by atoms with van der Waals surface area (Å²) >= 11 is 0. The van der Waals surface area contributed by atoms with E-state index in [0.717, 1.165) is 71.0 Å². The third kappa shape index (κ3) is 5.79. The normalized spacial score (nSPS) is 32.0. The molecule has 7 heteroatoms. The molecule has 0 aliphatic carbocycles. The Labute approximate surface area is 187 Å². The van der Waals surface area contributed by atoms with Gasteiger partial charge in [0.05, 0.1) is 19.1 Å². The predicted molar refractivity (Wildman–Crippen MR) is 119 cm³/mol. The van der Waals surface area contributed by atoms with E-state index in [2.05, 4.69) is 10.2 Å². The fourth-order valence-electron chi connectivity index (χ4n) is 6.14. The van der Waals surface area contributed by atoms with Gasteiger partial charge in [-0.05, 0) is 64.3 Å². The molecule has 176 valence electrons. The minimum absolute atomic E-state index is 0.0610. The lowest BCUT2D eigenvalue weighted by molar-refractivity contribution is -0.131. The van der Waals surface area contributed by atoms with Crippen LogP contribution in [0.15, 0.2) is 0 Å². The molecule has 2 amide bonds.